The quantitative estimate of drug-likeness (QED) is 0.747. The SMILES string of the molecule is CCCN(C(=O)c1cn(-c2ccccc2C(F)(F)F)nn1)C1CCS(=O)(=O)C1. The number of amides is 1. The first-order chi connectivity index (χ1) is 13.1. The van der Waals surface area contributed by atoms with Crippen LogP contribution in [0, 0.1) is 0 Å². The summed E-state index contributed by atoms with van der Waals surface area (Å²) in [4.78, 5) is 14.3. The molecular formula is C17H19F3N4O3S. The monoisotopic (exact) mass is 416 g/mol. The molecule has 2 heterocycles. The number of benzene rings is 1. The van der Waals surface area contributed by atoms with E-state index in [1.807, 2.05) is 6.92 Å². The second-order valence-electron chi connectivity index (χ2n) is 6.62. The Hall–Kier alpha value is -2.43. The van der Waals surface area contributed by atoms with Gasteiger partial charge in [-0.05, 0) is 25.0 Å². The Morgan fingerprint density at radius 2 is 2.04 bits per heavy atom. The second kappa shape index (κ2) is 7.53. The van der Waals surface area contributed by atoms with Crippen molar-refractivity contribution in [2.75, 3.05) is 18.1 Å². The maximum atomic E-state index is 13.2. The topological polar surface area (TPSA) is 85.2 Å². The maximum absolute atomic E-state index is 13.2. The van der Waals surface area contributed by atoms with Gasteiger partial charge in [0.15, 0.2) is 15.5 Å². The molecule has 3 rings (SSSR count). The third kappa shape index (κ3) is 4.18. The van der Waals surface area contributed by atoms with Crippen LogP contribution in [-0.4, -0.2) is 58.3 Å². The lowest BCUT2D eigenvalue weighted by molar-refractivity contribution is -0.137. The van der Waals surface area contributed by atoms with Gasteiger partial charge in [0.25, 0.3) is 5.91 Å². The summed E-state index contributed by atoms with van der Waals surface area (Å²) in [5, 5.41) is 7.41. The van der Waals surface area contributed by atoms with Crippen LogP contribution in [0.3, 0.4) is 0 Å². The van der Waals surface area contributed by atoms with Gasteiger partial charge in [-0.1, -0.05) is 24.3 Å². The number of hydrogen-bond acceptors (Lipinski definition) is 5. The lowest BCUT2D eigenvalue weighted by atomic mass is 10.1. The Bertz CT molecular complexity index is 972. The summed E-state index contributed by atoms with van der Waals surface area (Å²) >= 11 is 0. The van der Waals surface area contributed by atoms with Crippen molar-refractivity contribution in [3.8, 4) is 5.69 Å². The van der Waals surface area contributed by atoms with Crippen LogP contribution in [-0.2, 0) is 16.0 Å². The van der Waals surface area contributed by atoms with E-state index in [4.69, 9.17) is 0 Å². The molecule has 1 saturated heterocycles. The minimum absolute atomic E-state index is 0.0107. The summed E-state index contributed by atoms with van der Waals surface area (Å²) in [5.41, 5.74) is -1.27. The van der Waals surface area contributed by atoms with Gasteiger partial charge < -0.3 is 4.90 Å². The Labute approximate surface area is 160 Å². The number of nitrogens with zero attached hydrogens (tertiary/aromatic N) is 4. The highest BCUT2D eigenvalue weighted by Crippen LogP contribution is 2.33. The number of halogens is 3. The van der Waals surface area contributed by atoms with Crippen molar-refractivity contribution in [2.24, 2.45) is 0 Å². The van der Waals surface area contributed by atoms with Crippen LogP contribution in [0.4, 0.5) is 13.2 Å². The molecule has 0 radical (unpaired) electrons. The van der Waals surface area contributed by atoms with Gasteiger partial charge in [0.05, 0.1) is 29.0 Å². The van der Waals surface area contributed by atoms with Gasteiger partial charge in [-0.25, -0.2) is 13.1 Å². The standard InChI is InChI=1S/C17H19F3N4O3S/c1-2-8-23(12-7-9-28(26,27)11-12)16(25)14-10-24(22-21-14)15-6-4-3-5-13(15)17(18,19)20/h3-6,10,12H,2,7-9,11H2,1H3. The average Bonchev–Trinajstić information content (AvgIpc) is 3.25. The molecule has 0 N–H and O–H groups in total. The molecule has 7 nitrogen and oxygen atoms in total. The number of carbonyl (C=O) groups excluding carboxylic acids is 1. The smallest absolute Gasteiger partial charge is 0.333 e. The summed E-state index contributed by atoms with van der Waals surface area (Å²) in [6.07, 6.45) is -2.51. The number of para-hydroxylation sites is 1. The van der Waals surface area contributed by atoms with E-state index in [-0.39, 0.29) is 22.9 Å². The molecule has 1 atom stereocenters. The highest BCUT2D eigenvalue weighted by molar-refractivity contribution is 7.91. The fraction of sp³-hybridized carbons (Fsp3) is 0.471. The molecule has 1 amide bonds. The molecule has 152 valence electrons. The Kier molecular flexibility index (Phi) is 5.46. The first-order valence-electron chi connectivity index (χ1n) is 8.72. The van der Waals surface area contributed by atoms with Crippen LogP contribution in [0.1, 0.15) is 35.8 Å². The van der Waals surface area contributed by atoms with E-state index in [1.165, 1.54) is 23.1 Å². The van der Waals surface area contributed by atoms with Crippen molar-refractivity contribution >= 4 is 15.7 Å². The minimum atomic E-state index is -4.58. The molecule has 1 fully saturated rings. The fourth-order valence-corrected chi connectivity index (χ4v) is 4.98. The van der Waals surface area contributed by atoms with E-state index >= 15 is 0 Å². The van der Waals surface area contributed by atoms with Crippen LogP contribution >= 0.6 is 0 Å². The predicted octanol–water partition coefficient (Wildman–Crippen LogP) is 2.33. The highest BCUT2D eigenvalue weighted by atomic mass is 32.2. The van der Waals surface area contributed by atoms with Crippen molar-refractivity contribution in [1.82, 2.24) is 19.9 Å². The number of hydrogen-bond donors (Lipinski definition) is 0. The normalized spacial score (nSPS) is 18.9. The first-order valence-corrected chi connectivity index (χ1v) is 10.5. The molecule has 2 aromatic rings. The first kappa shape index (κ1) is 20.3. The van der Waals surface area contributed by atoms with Crippen molar-refractivity contribution in [3.05, 3.63) is 41.7 Å². The van der Waals surface area contributed by atoms with E-state index in [0.717, 1.165) is 16.9 Å². The summed E-state index contributed by atoms with van der Waals surface area (Å²) in [6, 6.07) is 4.38. The molecule has 0 bridgehead atoms. The minimum Gasteiger partial charge on any atom is -0.333 e. The lowest BCUT2D eigenvalue weighted by Gasteiger charge is -2.26. The molecule has 1 unspecified atom stereocenters. The third-order valence-electron chi connectivity index (χ3n) is 4.54. The predicted molar refractivity (Wildman–Crippen MR) is 94.7 cm³/mol. The van der Waals surface area contributed by atoms with Gasteiger partial charge in [-0.2, -0.15) is 13.2 Å². The summed E-state index contributed by atoms with van der Waals surface area (Å²) < 4.78 is 64.0. The zero-order valence-corrected chi connectivity index (χ0v) is 15.9. The summed E-state index contributed by atoms with van der Waals surface area (Å²) in [5.74, 6) is -0.652. The summed E-state index contributed by atoms with van der Waals surface area (Å²) in [7, 11) is -3.19. The third-order valence-corrected chi connectivity index (χ3v) is 6.29. The van der Waals surface area contributed by atoms with Crippen LogP contribution in [0.25, 0.3) is 5.69 Å². The molecule has 1 aromatic heterocycles. The van der Waals surface area contributed by atoms with E-state index in [2.05, 4.69) is 10.3 Å². The van der Waals surface area contributed by atoms with Crippen molar-refractivity contribution in [1.29, 1.82) is 0 Å². The number of sulfone groups is 1. The zero-order chi connectivity index (χ0) is 20.5. The van der Waals surface area contributed by atoms with Crippen molar-refractivity contribution < 1.29 is 26.4 Å². The number of rotatable bonds is 5. The van der Waals surface area contributed by atoms with Crippen molar-refractivity contribution in [3.63, 3.8) is 0 Å². The van der Waals surface area contributed by atoms with Gasteiger partial charge in [0, 0.05) is 12.6 Å². The molecule has 0 saturated carbocycles. The molecular weight excluding hydrogens is 397 g/mol. The Balaban J connectivity index is 1.90. The van der Waals surface area contributed by atoms with Gasteiger partial charge in [-0.3, -0.25) is 4.79 Å². The van der Waals surface area contributed by atoms with Crippen LogP contribution < -0.4 is 0 Å². The van der Waals surface area contributed by atoms with Crippen LogP contribution in [0.2, 0.25) is 0 Å². The van der Waals surface area contributed by atoms with E-state index < -0.39 is 33.5 Å². The Morgan fingerprint density at radius 1 is 1.32 bits per heavy atom. The van der Waals surface area contributed by atoms with E-state index in [0.29, 0.717) is 19.4 Å². The highest BCUT2D eigenvalue weighted by Gasteiger charge is 2.36. The van der Waals surface area contributed by atoms with E-state index in [1.54, 1.807) is 0 Å². The Morgan fingerprint density at radius 3 is 2.64 bits per heavy atom. The van der Waals surface area contributed by atoms with Crippen LogP contribution in [0.5, 0.6) is 0 Å². The number of alkyl halides is 3. The molecule has 0 aliphatic carbocycles. The molecule has 1 aliphatic heterocycles. The number of aromatic nitrogens is 3. The summed E-state index contributed by atoms with van der Waals surface area (Å²) in [6.45, 7) is 2.17. The zero-order valence-electron chi connectivity index (χ0n) is 15.1. The average molecular weight is 416 g/mol. The van der Waals surface area contributed by atoms with E-state index in [9.17, 15) is 26.4 Å². The van der Waals surface area contributed by atoms with Gasteiger partial charge >= 0.3 is 6.18 Å². The van der Waals surface area contributed by atoms with Gasteiger partial charge in [-0.15, -0.1) is 5.10 Å². The second-order valence-corrected chi connectivity index (χ2v) is 8.85. The maximum Gasteiger partial charge on any atom is 0.418 e. The molecule has 1 aliphatic rings. The largest absolute Gasteiger partial charge is 0.418 e. The fourth-order valence-electron chi connectivity index (χ4n) is 3.25. The number of carbonyl (C=O) groups is 1. The van der Waals surface area contributed by atoms with Crippen molar-refractivity contribution in [2.45, 2.75) is 32.0 Å². The van der Waals surface area contributed by atoms with Crippen LogP contribution in [0.15, 0.2) is 30.5 Å². The lowest BCUT2D eigenvalue weighted by Crippen LogP contribution is -2.41. The molecule has 28 heavy (non-hydrogen) atoms. The molecule has 0 spiro atoms. The molecule has 11 heteroatoms. The van der Waals surface area contributed by atoms with Gasteiger partial charge in [0.2, 0.25) is 0 Å². The molecule has 1 aromatic carbocycles. The van der Waals surface area contributed by atoms with Gasteiger partial charge in [0.1, 0.15) is 0 Å².